The van der Waals surface area contributed by atoms with Gasteiger partial charge in [0.2, 0.25) is 5.91 Å². The maximum Gasteiger partial charge on any atom is 0.236 e. The molecule has 1 aromatic rings. The molecule has 1 N–H and O–H groups in total. The first kappa shape index (κ1) is 12.4. The first-order chi connectivity index (χ1) is 7.98. The van der Waals surface area contributed by atoms with Crippen LogP contribution in [0, 0.1) is 0 Å². The fraction of sp³-hybridized carbons (Fsp3) is 0.462. The zero-order chi connectivity index (χ0) is 12.5. The summed E-state index contributed by atoms with van der Waals surface area (Å²) in [5.74, 6) is 0.871. The van der Waals surface area contributed by atoms with E-state index in [4.69, 9.17) is 4.74 Å². The fourth-order valence-corrected chi connectivity index (χ4v) is 1.94. The number of alkyl halides is 1. The molecule has 92 valence electrons. The zero-order valence-corrected chi connectivity index (χ0v) is 11.6. The van der Waals surface area contributed by atoms with Gasteiger partial charge in [0.1, 0.15) is 5.75 Å². The highest BCUT2D eigenvalue weighted by atomic mass is 79.9. The van der Waals surface area contributed by atoms with Crippen LogP contribution >= 0.6 is 15.9 Å². The quantitative estimate of drug-likeness (QED) is 0.853. The van der Waals surface area contributed by atoms with E-state index in [2.05, 4.69) is 21.2 Å². The Balaban J connectivity index is 2.17. The minimum Gasteiger partial charge on any atom is -0.493 e. The predicted molar refractivity (Wildman–Crippen MR) is 70.4 cm³/mol. The molecular formula is C13H16BrNO2. The van der Waals surface area contributed by atoms with E-state index in [0.717, 1.165) is 17.7 Å². The Kier molecular flexibility index (Phi) is 3.43. The lowest BCUT2D eigenvalue weighted by atomic mass is 10.00. The van der Waals surface area contributed by atoms with Crippen molar-refractivity contribution in [2.45, 2.75) is 30.6 Å². The van der Waals surface area contributed by atoms with Gasteiger partial charge in [0.05, 0.1) is 17.0 Å². The van der Waals surface area contributed by atoms with Gasteiger partial charge in [0, 0.05) is 12.0 Å². The average Bonchev–Trinajstić information content (AvgIpc) is 2.28. The molecule has 0 bridgehead atoms. The van der Waals surface area contributed by atoms with Gasteiger partial charge in [-0.2, -0.15) is 0 Å². The molecule has 0 aliphatic carbocycles. The largest absolute Gasteiger partial charge is 0.493 e. The number of amides is 1. The number of nitrogens with one attached hydrogen (secondary N) is 1. The molecular weight excluding hydrogens is 282 g/mol. The van der Waals surface area contributed by atoms with Crippen LogP contribution in [0.4, 0.5) is 0 Å². The molecule has 1 aliphatic rings. The molecule has 1 unspecified atom stereocenters. The average molecular weight is 298 g/mol. The monoisotopic (exact) mass is 297 g/mol. The molecule has 1 atom stereocenters. The maximum atomic E-state index is 11.9. The standard InChI is InChI=1S/C13H16BrNO2/c1-13(2,14)12(16)15-10-7-8-17-11-6-4-3-5-9(10)11/h3-6,10H,7-8H2,1-2H3,(H,15,16). The molecule has 0 aromatic heterocycles. The van der Waals surface area contributed by atoms with Gasteiger partial charge in [-0.1, -0.05) is 34.1 Å². The van der Waals surface area contributed by atoms with Crippen LogP contribution in [-0.2, 0) is 4.79 Å². The van der Waals surface area contributed by atoms with Crippen molar-refractivity contribution in [1.82, 2.24) is 5.32 Å². The van der Waals surface area contributed by atoms with Crippen molar-refractivity contribution in [3.8, 4) is 5.75 Å². The van der Waals surface area contributed by atoms with Crippen molar-refractivity contribution in [2.24, 2.45) is 0 Å². The van der Waals surface area contributed by atoms with Gasteiger partial charge in [-0.05, 0) is 19.9 Å². The number of carbonyl (C=O) groups excluding carboxylic acids is 1. The van der Waals surface area contributed by atoms with Gasteiger partial charge < -0.3 is 10.1 Å². The Hall–Kier alpha value is -1.03. The van der Waals surface area contributed by atoms with Crippen LogP contribution in [0.25, 0.3) is 0 Å². The molecule has 0 saturated heterocycles. The van der Waals surface area contributed by atoms with Crippen LogP contribution in [-0.4, -0.2) is 16.8 Å². The predicted octanol–water partition coefficient (Wildman–Crippen LogP) is 2.80. The van der Waals surface area contributed by atoms with Crippen molar-refractivity contribution in [2.75, 3.05) is 6.61 Å². The van der Waals surface area contributed by atoms with Crippen molar-refractivity contribution >= 4 is 21.8 Å². The van der Waals surface area contributed by atoms with Crippen LogP contribution in [0.15, 0.2) is 24.3 Å². The van der Waals surface area contributed by atoms with E-state index in [1.54, 1.807) is 0 Å². The lowest BCUT2D eigenvalue weighted by Crippen LogP contribution is -2.41. The molecule has 1 aliphatic heterocycles. The van der Waals surface area contributed by atoms with Crippen molar-refractivity contribution in [1.29, 1.82) is 0 Å². The van der Waals surface area contributed by atoms with Gasteiger partial charge in [0.15, 0.2) is 0 Å². The molecule has 0 fully saturated rings. The Labute approximate surface area is 110 Å². The summed E-state index contributed by atoms with van der Waals surface area (Å²) in [6, 6.07) is 7.89. The lowest BCUT2D eigenvalue weighted by Gasteiger charge is -2.28. The third-order valence-corrected chi connectivity index (χ3v) is 3.16. The van der Waals surface area contributed by atoms with E-state index in [-0.39, 0.29) is 11.9 Å². The van der Waals surface area contributed by atoms with Gasteiger partial charge in [-0.3, -0.25) is 4.79 Å². The lowest BCUT2D eigenvalue weighted by molar-refractivity contribution is -0.123. The van der Waals surface area contributed by atoms with Crippen LogP contribution < -0.4 is 10.1 Å². The summed E-state index contributed by atoms with van der Waals surface area (Å²) in [7, 11) is 0. The number of fused-ring (bicyclic) bond motifs is 1. The molecule has 1 heterocycles. The minimum absolute atomic E-state index is 0.000738. The molecule has 0 radical (unpaired) electrons. The SMILES string of the molecule is CC(C)(Br)C(=O)NC1CCOc2ccccc21. The van der Waals surface area contributed by atoms with Crippen LogP contribution in [0.2, 0.25) is 0 Å². The summed E-state index contributed by atoms with van der Waals surface area (Å²) in [6.45, 7) is 4.33. The second-order valence-corrected chi connectivity index (χ2v) is 6.66. The summed E-state index contributed by atoms with van der Waals surface area (Å²) >= 11 is 3.37. The highest BCUT2D eigenvalue weighted by Gasteiger charge is 2.29. The van der Waals surface area contributed by atoms with Crippen LogP contribution in [0.3, 0.4) is 0 Å². The summed E-state index contributed by atoms with van der Waals surface area (Å²) in [5.41, 5.74) is 1.06. The van der Waals surface area contributed by atoms with E-state index in [0.29, 0.717) is 6.61 Å². The molecule has 1 amide bonds. The number of halogens is 1. The normalized spacial score (nSPS) is 19.1. The van der Waals surface area contributed by atoms with Gasteiger partial charge in [-0.25, -0.2) is 0 Å². The van der Waals surface area contributed by atoms with E-state index in [1.807, 2.05) is 38.1 Å². The molecule has 17 heavy (non-hydrogen) atoms. The number of para-hydroxylation sites is 1. The summed E-state index contributed by atoms with van der Waals surface area (Å²) in [4.78, 5) is 11.9. The van der Waals surface area contributed by atoms with Crippen molar-refractivity contribution < 1.29 is 9.53 Å². The van der Waals surface area contributed by atoms with E-state index >= 15 is 0 Å². The second-order valence-electron chi connectivity index (χ2n) is 4.67. The number of carbonyl (C=O) groups is 1. The molecule has 1 aromatic carbocycles. The van der Waals surface area contributed by atoms with Crippen LogP contribution in [0.5, 0.6) is 5.75 Å². The number of hydrogen-bond donors (Lipinski definition) is 1. The molecule has 3 nitrogen and oxygen atoms in total. The topological polar surface area (TPSA) is 38.3 Å². The number of benzene rings is 1. The summed E-state index contributed by atoms with van der Waals surface area (Å²) in [5, 5.41) is 3.05. The van der Waals surface area contributed by atoms with Gasteiger partial charge in [-0.15, -0.1) is 0 Å². The molecule has 0 spiro atoms. The smallest absolute Gasteiger partial charge is 0.236 e. The Bertz CT molecular complexity index is 426. The molecule has 0 saturated carbocycles. The minimum atomic E-state index is -0.541. The number of hydrogen-bond acceptors (Lipinski definition) is 2. The summed E-state index contributed by atoms with van der Waals surface area (Å²) < 4.78 is 5.02. The number of rotatable bonds is 2. The Morgan fingerprint density at radius 2 is 2.18 bits per heavy atom. The Morgan fingerprint density at radius 1 is 1.47 bits per heavy atom. The second kappa shape index (κ2) is 4.69. The van der Waals surface area contributed by atoms with E-state index < -0.39 is 4.32 Å². The maximum absolute atomic E-state index is 11.9. The van der Waals surface area contributed by atoms with Crippen LogP contribution in [0.1, 0.15) is 31.9 Å². The van der Waals surface area contributed by atoms with E-state index in [1.165, 1.54) is 0 Å². The number of ether oxygens (including phenoxy) is 1. The first-order valence-electron chi connectivity index (χ1n) is 5.70. The van der Waals surface area contributed by atoms with Crippen molar-refractivity contribution in [3.63, 3.8) is 0 Å². The molecule has 2 rings (SSSR count). The van der Waals surface area contributed by atoms with Crippen molar-refractivity contribution in [3.05, 3.63) is 29.8 Å². The highest BCUT2D eigenvalue weighted by Crippen LogP contribution is 2.32. The third-order valence-electron chi connectivity index (χ3n) is 2.80. The highest BCUT2D eigenvalue weighted by molar-refractivity contribution is 9.10. The fourth-order valence-electron chi connectivity index (χ4n) is 1.82. The third kappa shape index (κ3) is 2.80. The zero-order valence-electron chi connectivity index (χ0n) is 10.00. The van der Waals surface area contributed by atoms with Gasteiger partial charge in [0.25, 0.3) is 0 Å². The summed E-state index contributed by atoms with van der Waals surface area (Å²) in [6.07, 6.45) is 0.811. The van der Waals surface area contributed by atoms with Gasteiger partial charge >= 0.3 is 0 Å². The first-order valence-corrected chi connectivity index (χ1v) is 6.49. The molecule has 4 heteroatoms. The Morgan fingerprint density at radius 3 is 2.88 bits per heavy atom. The van der Waals surface area contributed by atoms with E-state index in [9.17, 15) is 4.79 Å².